The normalized spacial score (nSPS) is 21.2. The van der Waals surface area contributed by atoms with Gasteiger partial charge in [-0.3, -0.25) is 9.69 Å². The zero-order chi connectivity index (χ0) is 15.1. The van der Waals surface area contributed by atoms with Crippen LogP contribution in [-0.4, -0.2) is 34.2 Å². The standard InChI is InChI=1S/C16H23NO3/c1-15(2)10-12(17(5)16(3,4)14(18)19)11-8-6-7-9-13(11)20-15/h6-9,12H,10H2,1-5H3,(H,18,19). The summed E-state index contributed by atoms with van der Waals surface area (Å²) in [5.74, 6) is 0.0311. The lowest BCUT2D eigenvalue weighted by atomic mass is 9.86. The van der Waals surface area contributed by atoms with E-state index in [1.807, 2.05) is 50.1 Å². The maximum absolute atomic E-state index is 11.5. The zero-order valence-electron chi connectivity index (χ0n) is 12.8. The van der Waals surface area contributed by atoms with E-state index in [4.69, 9.17) is 4.74 Å². The van der Waals surface area contributed by atoms with Gasteiger partial charge < -0.3 is 9.84 Å². The molecule has 1 aromatic carbocycles. The van der Waals surface area contributed by atoms with Crippen molar-refractivity contribution >= 4 is 5.97 Å². The molecule has 4 heteroatoms. The zero-order valence-corrected chi connectivity index (χ0v) is 12.8. The molecule has 0 amide bonds. The van der Waals surface area contributed by atoms with Crippen LogP contribution in [0.25, 0.3) is 0 Å². The average Bonchev–Trinajstić information content (AvgIpc) is 2.35. The Morgan fingerprint density at radius 2 is 2.00 bits per heavy atom. The molecule has 1 atom stereocenters. The summed E-state index contributed by atoms with van der Waals surface area (Å²) in [6.45, 7) is 7.55. The molecule has 0 bridgehead atoms. The van der Waals surface area contributed by atoms with Gasteiger partial charge in [0.15, 0.2) is 0 Å². The van der Waals surface area contributed by atoms with Gasteiger partial charge in [0.1, 0.15) is 16.9 Å². The molecule has 0 aliphatic carbocycles. The highest BCUT2D eigenvalue weighted by molar-refractivity contribution is 5.77. The highest BCUT2D eigenvalue weighted by Gasteiger charge is 2.42. The van der Waals surface area contributed by atoms with Crippen molar-refractivity contribution in [2.24, 2.45) is 0 Å². The predicted molar refractivity (Wildman–Crippen MR) is 78.0 cm³/mol. The van der Waals surface area contributed by atoms with Crippen molar-refractivity contribution in [2.75, 3.05) is 7.05 Å². The fourth-order valence-electron chi connectivity index (χ4n) is 2.65. The molecular weight excluding hydrogens is 254 g/mol. The van der Waals surface area contributed by atoms with Crippen LogP contribution in [0, 0.1) is 0 Å². The fourth-order valence-corrected chi connectivity index (χ4v) is 2.65. The van der Waals surface area contributed by atoms with Gasteiger partial charge in [0.05, 0.1) is 0 Å². The van der Waals surface area contributed by atoms with Crippen molar-refractivity contribution in [3.05, 3.63) is 29.8 Å². The highest BCUT2D eigenvalue weighted by atomic mass is 16.5. The van der Waals surface area contributed by atoms with Crippen molar-refractivity contribution in [1.29, 1.82) is 0 Å². The number of carboxylic acid groups (broad SMARTS) is 1. The minimum Gasteiger partial charge on any atom is -0.487 e. The number of rotatable bonds is 3. The number of fused-ring (bicyclic) bond motifs is 1. The first-order valence-corrected chi connectivity index (χ1v) is 6.89. The number of nitrogens with zero attached hydrogens (tertiary/aromatic N) is 1. The van der Waals surface area contributed by atoms with Crippen LogP contribution in [-0.2, 0) is 4.79 Å². The Morgan fingerprint density at radius 3 is 2.60 bits per heavy atom. The van der Waals surface area contributed by atoms with E-state index in [2.05, 4.69) is 0 Å². The monoisotopic (exact) mass is 277 g/mol. The number of carbonyl (C=O) groups is 1. The molecule has 0 saturated heterocycles. The number of benzene rings is 1. The largest absolute Gasteiger partial charge is 0.487 e. The lowest BCUT2D eigenvalue weighted by Crippen LogP contribution is -2.52. The van der Waals surface area contributed by atoms with Crippen molar-refractivity contribution in [3.8, 4) is 5.75 Å². The third-order valence-electron chi connectivity index (χ3n) is 4.22. The first kappa shape index (κ1) is 14.9. The molecule has 0 saturated carbocycles. The highest BCUT2D eigenvalue weighted by Crippen LogP contribution is 2.43. The first-order chi connectivity index (χ1) is 9.15. The molecule has 2 rings (SSSR count). The summed E-state index contributed by atoms with van der Waals surface area (Å²) < 4.78 is 6.00. The van der Waals surface area contributed by atoms with Crippen molar-refractivity contribution < 1.29 is 14.6 Å². The molecule has 0 radical (unpaired) electrons. The molecule has 110 valence electrons. The minimum absolute atomic E-state index is 0.0287. The van der Waals surface area contributed by atoms with Crippen LogP contribution in [0.5, 0.6) is 5.75 Å². The van der Waals surface area contributed by atoms with E-state index >= 15 is 0 Å². The van der Waals surface area contributed by atoms with Gasteiger partial charge in [-0.1, -0.05) is 18.2 Å². The quantitative estimate of drug-likeness (QED) is 0.922. The maximum atomic E-state index is 11.5. The Balaban J connectivity index is 2.44. The summed E-state index contributed by atoms with van der Waals surface area (Å²) in [4.78, 5) is 13.4. The summed E-state index contributed by atoms with van der Waals surface area (Å²) >= 11 is 0. The Kier molecular flexibility index (Phi) is 3.54. The summed E-state index contributed by atoms with van der Waals surface area (Å²) in [7, 11) is 1.87. The summed E-state index contributed by atoms with van der Waals surface area (Å²) in [5.41, 5.74) is -0.170. The third kappa shape index (κ3) is 2.52. The minimum atomic E-state index is -0.925. The Morgan fingerprint density at radius 1 is 1.40 bits per heavy atom. The number of aliphatic carboxylic acids is 1. The molecule has 20 heavy (non-hydrogen) atoms. The second-order valence-corrected chi connectivity index (χ2v) is 6.59. The van der Waals surface area contributed by atoms with Gasteiger partial charge >= 0.3 is 5.97 Å². The number of likely N-dealkylation sites (N-methyl/N-ethyl adjacent to an activating group) is 1. The van der Waals surface area contributed by atoms with E-state index < -0.39 is 11.5 Å². The first-order valence-electron chi connectivity index (χ1n) is 6.89. The second-order valence-electron chi connectivity index (χ2n) is 6.59. The van der Waals surface area contributed by atoms with Crippen LogP contribution in [0.4, 0.5) is 0 Å². The molecule has 0 spiro atoms. The Bertz CT molecular complexity index is 522. The molecule has 4 nitrogen and oxygen atoms in total. The van der Waals surface area contributed by atoms with Gasteiger partial charge in [-0.05, 0) is 40.8 Å². The summed E-state index contributed by atoms with van der Waals surface area (Å²) in [5, 5.41) is 9.45. The van der Waals surface area contributed by atoms with Gasteiger partial charge in [0.25, 0.3) is 0 Å². The molecule has 0 aromatic heterocycles. The molecular formula is C16H23NO3. The topological polar surface area (TPSA) is 49.8 Å². The van der Waals surface area contributed by atoms with Gasteiger partial charge in [-0.15, -0.1) is 0 Å². The van der Waals surface area contributed by atoms with E-state index in [0.29, 0.717) is 0 Å². The number of ether oxygens (including phenoxy) is 1. The fraction of sp³-hybridized carbons (Fsp3) is 0.562. The number of hydrogen-bond donors (Lipinski definition) is 1. The Hall–Kier alpha value is -1.55. The molecule has 1 aliphatic heterocycles. The molecule has 1 heterocycles. The van der Waals surface area contributed by atoms with E-state index in [1.54, 1.807) is 13.8 Å². The lowest BCUT2D eigenvalue weighted by Gasteiger charge is -2.45. The van der Waals surface area contributed by atoms with E-state index in [9.17, 15) is 9.90 Å². The SMILES string of the molecule is CN(C1CC(C)(C)Oc2ccccc21)C(C)(C)C(=O)O. The van der Waals surface area contributed by atoms with Crippen LogP contribution in [0.3, 0.4) is 0 Å². The van der Waals surface area contributed by atoms with Crippen molar-refractivity contribution in [3.63, 3.8) is 0 Å². The molecule has 1 N–H and O–H groups in total. The van der Waals surface area contributed by atoms with Crippen LogP contribution in [0.15, 0.2) is 24.3 Å². The summed E-state index contributed by atoms with van der Waals surface area (Å²) in [6.07, 6.45) is 0.761. The predicted octanol–water partition coefficient (Wildman–Crippen LogP) is 3.08. The summed E-state index contributed by atoms with van der Waals surface area (Å²) in [6, 6.07) is 7.91. The number of para-hydroxylation sites is 1. The van der Waals surface area contributed by atoms with Gasteiger partial charge in [0.2, 0.25) is 0 Å². The second kappa shape index (κ2) is 4.77. The van der Waals surface area contributed by atoms with Crippen molar-refractivity contribution in [1.82, 2.24) is 4.90 Å². The number of carboxylic acids is 1. The molecule has 0 fully saturated rings. The smallest absolute Gasteiger partial charge is 0.323 e. The van der Waals surface area contributed by atoms with E-state index in [1.165, 1.54) is 0 Å². The molecule has 1 unspecified atom stereocenters. The molecule has 1 aromatic rings. The maximum Gasteiger partial charge on any atom is 0.323 e. The average molecular weight is 277 g/mol. The lowest BCUT2D eigenvalue weighted by molar-refractivity contribution is -0.151. The Labute approximate surface area is 120 Å². The van der Waals surface area contributed by atoms with Gasteiger partial charge in [-0.25, -0.2) is 0 Å². The number of hydrogen-bond acceptors (Lipinski definition) is 3. The van der Waals surface area contributed by atoms with Crippen LogP contribution >= 0.6 is 0 Å². The van der Waals surface area contributed by atoms with Crippen LogP contribution in [0.1, 0.15) is 45.7 Å². The van der Waals surface area contributed by atoms with Gasteiger partial charge in [0, 0.05) is 18.0 Å². The van der Waals surface area contributed by atoms with Crippen LogP contribution < -0.4 is 4.74 Å². The van der Waals surface area contributed by atoms with Gasteiger partial charge in [-0.2, -0.15) is 0 Å². The van der Waals surface area contributed by atoms with Crippen molar-refractivity contribution in [2.45, 2.75) is 51.3 Å². The third-order valence-corrected chi connectivity index (χ3v) is 4.22. The molecule has 1 aliphatic rings. The van der Waals surface area contributed by atoms with Crippen LogP contribution in [0.2, 0.25) is 0 Å². The van der Waals surface area contributed by atoms with E-state index in [0.717, 1.165) is 17.7 Å². The van der Waals surface area contributed by atoms with E-state index in [-0.39, 0.29) is 11.6 Å².